The lowest BCUT2D eigenvalue weighted by molar-refractivity contribution is -0.129. The third kappa shape index (κ3) is 4.03. The van der Waals surface area contributed by atoms with Gasteiger partial charge < -0.3 is 19.6 Å². The van der Waals surface area contributed by atoms with Crippen molar-refractivity contribution in [3.63, 3.8) is 0 Å². The number of pyridine rings is 1. The Balaban J connectivity index is 1.12. The van der Waals surface area contributed by atoms with Crippen LogP contribution < -0.4 is 9.80 Å². The largest absolute Gasteiger partial charge is 0.367 e. The minimum absolute atomic E-state index is 0.180. The van der Waals surface area contributed by atoms with Crippen molar-refractivity contribution < 1.29 is 4.79 Å². The molecular formula is C24H37N5O. The fraction of sp³-hybridized carbons (Fsp3) is 0.750. The summed E-state index contributed by atoms with van der Waals surface area (Å²) in [6, 6.07) is 5.33. The highest BCUT2D eigenvalue weighted by Crippen LogP contribution is 2.43. The van der Waals surface area contributed by atoms with E-state index in [0.717, 1.165) is 51.1 Å². The number of nitrogens with zero attached hydrogens (tertiary/aromatic N) is 5. The van der Waals surface area contributed by atoms with Gasteiger partial charge in [0.05, 0.1) is 11.9 Å². The zero-order valence-corrected chi connectivity index (χ0v) is 18.6. The SMILES string of the molecule is CC(=O)N1CCN(c2ccc(N3CCC4(CC3)CCN(C3CCC3)CC4)nc2)CC1. The monoisotopic (exact) mass is 411 g/mol. The van der Waals surface area contributed by atoms with E-state index < -0.39 is 0 Å². The molecule has 1 spiro atoms. The number of amides is 1. The van der Waals surface area contributed by atoms with Crippen LogP contribution in [-0.4, -0.2) is 79.1 Å². The number of rotatable bonds is 3. The maximum Gasteiger partial charge on any atom is 0.219 e. The molecule has 4 fully saturated rings. The number of hydrogen-bond acceptors (Lipinski definition) is 5. The summed E-state index contributed by atoms with van der Waals surface area (Å²) in [6.45, 7) is 10.0. The van der Waals surface area contributed by atoms with Gasteiger partial charge in [-0.15, -0.1) is 0 Å². The fourth-order valence-electron chi connectivity index (χ4n) is 5.86. The van der Waals surface area contributed by atoms with E-state index in [1.54, 1.807) is 6.92 Å². The third-order valence-electron chi connectivity index (χ3n) is 8.42. The predicted octanol–water partition coefficient (Wildman–Crippen LogP) is 2.99. The zero-order valence-electron chi connectivity index (χ0n) is 18.6. The van der Waals surface area contributed by atoms with Crippen LogP contribution in [-0.2, 0) is 4.79 Å². The van der Waals surface area contributed by atoms with Gasteiger partial charge in [0.25, 0.3) is 0 Å². The molecule has 1 amide bonds. The summed E-state index contributed by atoms with van der Waals surface area (Å²) in [5, 5.41) is 0. The molecule has 6 heteroatoms. The van der Waals surface area contributed by atoms with E-state index in [0.29, 0.717) is 5.41 Å². The van der Waals surface area contributed by atoms with E-state index in [1.807, 2.05) is 11.1 Å². The Kier molecular flexibility index (Phi) is 5.61. The standard InChI is InChI=1S/C24H37N5O/c1-20(30)26-15-17-28(18-16-26)22-5-6-23(25-19-22)29-13-9-24(10-14-29)7-11-27(12-8-24)21-3-2-4-21/h5-6,19,21H,2-4,7-18H2,1H3. The maximum atomic E-state index is 11.5. The quantitative estimate of drug-likeness (QED) is 0.765. The summed E-state index contributed by atoms with van der Waals surface area (Å²) >= 11 is 0. The van der Waals surface area contributed by atoms with Crippen LogP contribution in [0.1, 0.15) is 51.9 Å². The molecule has 0 bridgehead atoms. The number of aromatic nitrogens is 1. The second-order valence-electron chi connectivity index (χ2n) is 9.98. The first-order chi connectivity index (χ1) is 14.6. The van der Waals surface area contributed by atoms with E-state index in [-0.39, 0.29) is 5.91 Å². The average Bonchev–Trinajstić information content (AvgIpc) is 2.75. The number of carbonyl (C=O) groups excluding carboxylic acids is 1. The number of carbonyl (C=O) groups is 1. The van der Waals surface area contributed by atoms with Gasteiger partial charge in [-0.1, -0.05) is 6.42 Å². The summed E-state index contributed by atoms with van der Waals surface area (Å²) in [6.07, 6.45) is 11.8. The topological polar surface area (TPSA) is 42.9 Å². The molecule has 0 atom stereocenters. The Bertz CT molecular complexity index is 720. The molecule has 0 aromatic carbocycles. The van der Waals surface area contributed by atoms with Crippen molar-refractivity contribution in [2.45, 2.75) is 57.9 Å². The number of piperazine rings is 1. The van der Waals surface area contributed by atoms with Gasteiger partial charge in [-0.05, 0) is 69.2 Å². The summed E-state index contributed by atoms with van der Waals surface area (Å²) in [4.78, 5) is 25.9. The smallest absolute Gasteiger partial charge is 0.219 e. The second-order valence-corrected chi connectivity index (χ2v) is 9.98. The van der Waals surface area contributed by atoms with Gasteiger partial charge >= 0.3 is 0 Å². The fourth-order valence-corrected chi connectivity index (χ4v) is 5.86. The van der Waals surface area contributed by atoms with Crippen LogP contribution in [0.2, 0.25) is 0 Å². The lowest BCUT2D eigenvalue weighted by Gasteiger charge is -2.50. The first-order valence-corrected chi connectivity index (χ1v) is 12.1. The van der Waals surface area contributed by atoms with Crippen LogP contribution in [0, 0.1) is 5.41 Å². The van der Waals surface area contributed by atoms with E-state index in [1.165, 1.54) is 63.7 Å². The predicted molar refractivity (Wildman–Crippen MR) is 121 cm³/mol. The highest BCUT2D eigenvalue weighted by molar-refractivity contribution is 5.73. The molecule has 0 unspecified atom stereocenters. The van der Waals surface area contributed by atoms with Crippen LogP contribution >= 0.6 is 0 Å². The number of likely N-dealkylation sites (tertiary alicyclic amines) is 1. The summed E-state index contributed by atoms with van der Waals surface area (Å²) in [7, 11) is 0. The minimum Gasteiger partial charge on any atom is -0.367 e. The summed E-state index contributed by atoms with van der Waals surface area (Å²) in [5.41, 5.74) is 1.77. The molecule has 1 aliphatic carbocycles. The molecule has 0 N–H and O–H groups in total. The molecule has 6 nitrogen and oxygen atoms in total. The zero-order chi connectivity index (χ0) is 20.6. The Morgan fingerprint density at radius 1 is 0.900 bits per heavy atom. The molecule has 4 aliphatic rings. The van der Waals surface area contributed by atoms with E-state index in [2.05, 4.69) is 26.8 Å². The Morgan fingerprint density at radius 2 is 1.57 bits per heavy atom. The van der Waals surface area contributed by atoms with Gasteiger partial charge in [0.2, 0.25) is 5.91 Å². The van der Waals surface area contributed by atoms with E-state index >= 15 is 0 Å². The van der Waals surface area contributed by atoms with Crippen LogP contribution in [0.5, 0.6) is 0 Å². The molecule has 1 aromatic heterocycles. The van der Waals surface area contributed by atoms with Crippen molar-refractivity contribution in [3.05, 3.63) is 18.3 Å². The Morgan fingerprint density at radius 3 is 2.10 bits per heavy atom. The number of hydrogen-bond donors (Lipinski definition) is 0. The average molecular weight is 412 g/mol. The van der Waals surface area contributed by atoms with Crippen molar-refractivity contribution in [2.75, 3.05) is 62.2 Å². The third-order valence-corrected chi connectivity index (χ3v) is 8.42. The second kappa shape index (κ2) is 8.37. The summed E-state index contributed by atoms with van der Waals surface area (Å²) in [5.74, 6) is 1.31. The molecule has 0 radical (unpaired) electrons. The molecule has 30 heavy (non-hydrogen) atoms. The van der Waals surface area contributed by atoms with Crippen molar-refractivity contribution in [3.8, 4) is 0 Å². The minimum atomic E-state index is 0.180. The highest BCUT2D eigenvalue weighted by atomic mass is 16.2. The molecule has 1 saturated carbocycles. The first kappa shape index (κ1) is 20.1. The molecule has 5 rings (SSSR count). The normalized spacial score (nSPS) is 25.4. The highest BCUT2D eigenvalue weighted by Gasteiger charge is 2.39. The number of anilines is 2. The van der Waals surface area contributed by atoms with Crippen molar-refractivity contribution >= 4 is 17.4 Å². The van der Waals surface area contributed by atoms with Gasteiger partial charge in [-0.2, -0.15) is 0 Å². The Labute approximate surface area is 181 Å². The maximum absolute atomic E-state index is 11.5. The van der Waals surface area contributed by atoms with Gasteiger partial charge in [-0.3, -0.25) is 4.79 Å². The van der Waals surface area contributed by atoms with Crippen molar-refractivity contribution in [1.82, 2.24) is 14.8 Å². The molecular weight excluding hydrogens is 374 g/mol. The molecule has 3 saturated heterocycles. The van der Waals surface area contributed by atoms with Crippen LogP contribution in [0.25, 0.3) is 0 Å². The summed E-state index contributed by atoms with van der Waals surface area (Å²) < 4.78 is 0. The van der Waals surface area contributed by atoms with Crippen LogP contribution in [0.4, 0.5) is 11.5 Å². The lowest BCUT2D eigenvalue weighted by Crippen LogP contribution is -2.51. The molecule has 1 aromatic rings. The van der Waals surface area contributed by atoms with E-state index in [4.69, 9.17) is 4.98 Å². The van der Waals surface area contributed by atoms with Gasteiger partial charge in [0.1, 0.15) is 5.82 Å². The van der Waals surface area contributed by atoms with Gasteiger partial charge in [0, 0.05) is 52.2 Å². The van der Waals surface area contributed by atoms with Gasteiger partial charge in [-0.25, -0.2) is 4.98 Å². The van der Waals surface area contributed by atoms with E-state index in [9.17, 15) is 4.79 Å². The van der Waals surface area contributed by atoms with Gasteiger partial charge in [0.15, 0.2) is 0 Å². The van der Waals surface area contributed by atoms with Crippen molar-refractivity contribution in [1.29, 1.82) is 0 Å². The number of piperidine rings is 2. The molecule has 3 aliphatic heterocycles. The lowest BCUT2D eigenvalue weighted by atomic mass is 9.70. The molecule has 4 heterocycles. The van der Waals surface area contributed by atoms with Crippen LogP contribution in [0.15, 0.2) is 18.3 Å². The van der Waals surface area contributed by atoms with Crippen molar-refractivity contribution in [2.24, 2.45) is 5.41 Å². The molecule has 164 valence electrons. The first-order valence-electron chi connectivity index (χ1n) is 12.1. The van der Waals surface area contributed by atoms with Crippen LogP contribution in [0.3, 0.4) is 0 Å². The Hall–Kier alpha value is -1.82.